The minimum Gasteiger partial charge on any atom is -0.336 e. The standard InChI is InChI=1S/C13H14N4O3/c18-10(9-3-1-5-14-7-9)17-6-2-4-13(8-17)11(19)15-12(20)16-13/h1,3,5,7H,2,4,6,8H2,(H2,15,16,19,20). The molecule has 2 N–H and O–H groups in total. The first-order valence-corrected chi connectivity index (χ1v) is 6.44. The molecule has 7 nitrogen and oxygen atoms in total. The van der Waals surface area contributed by atoms with E-state index in [0.29, 0.717) is 24.9 Å². The lowest BCUT2D eigenvalue weighted by atomic mass is 9.89. The molecule has 4 amide bonds. The summed E-state index contributed by atoms with van der Waals surface area (Å²) in [5.74, 6) is -0.530. The van der Waals surface area contributed by atoms with Crippen LogP contribution < -0.4 is 10.6 Å². The van der Waals surface area contributed by atoms with Crippen LogP contribution >= 0.6 is 0 Å². The van der Waals surface area contributed by atoms with Gasteiger partial charge in [-0.3, -0.25) is 19.9 Å². The molecule has 1 unspecified atom stereocenters. The van der Waals surface area contributed by atoms with Gasteiger partial charge in [-0.25, -0.2) is 4.79 Å². The van der Waals surface area contributed by atoms with Crippen molar-refractivity contribution in [3.8, 4) is 0 Å². The van der Waals surface area contributed by atoms with Gasteiger partial charge in [0.1, 0.15) is 5.54 Å². The van der Waals surface area contributed by atoms with Crippen LogP contribution in [-0.2, 0) is 4.79 Å². The molecule has 0 aromatic carbocycles. The van der Waals surface area contributed by atoms with Crippen LogP contribution in [0.1, 0.15) is 23.2 Å². The van der Waals surface area contributed by atoms with E-state index in [9.17, 15) is 14.4 Å². The molecule has 20 heavy (non-hydrogen) atoms. The predicted molar refractivity (Wildman–Crippen MR) is 68.8 cm³/mol. The van der Waals surface area contributed by atoms with Crippen molar-refractivity contribution in [1.29, 1.82) is 0 Å². The molecule has 0 bridgehead atoms. The topological polar surface area (TPSA) is 91.4 Å². The number of piperidine rings is 1. The zero-order valence-corrected chi connectivity index (χ0v) is 10.8. The van der Waals surface area contributed by atoms with Gasteiger partial charge in [0.2, 0.25) is 0 Å². The Morgan fingerprint density at radius 2 is 2.25 bits per heavy atom. The summed E-state index contributed by atoms with van der Waals surface area (Å²) in [4.78, 5) is 41.1. The van der Waals surface area contributed by atoms with Crippen LogP contribution in [0.3, 0.4) is 0 Å². The molecule has 1 aromatic rings. The zero-order valence-electron chi connectivity index (χ0n) is 10.8. The molecule has 3 rings (SSSR count). The van der Waals surface area contributed by atoms with E-state index in [1.54, 1.807) is 23.2 Å². The molecule has 0 saturated carbocycles. The second kappa shape index (κ2) is 4.59. The Morgan fingerprint density at radius 3 is 2.90 bits per heavy atom. The number of pyridine rings is 1. The van der Waals surface area contributed by atoms with Crippen LogP contribution in [0.25, 0.3) is 0 Å². The average Bonchev–Trinajstić information content (AvgIpc) is 2.73. The first-order chi connectivity index (χ1) is 9.61. The Kier molecular flexibility index (Phi) is 2.89. The van der Waals surface area contributed by atoms with Gasteiger partial charge in [0.25, 0.3) is 11.8 Å². The quantitative estimate of drug-likeness (QED) is 0.699. The van der Waals surface area contributed by atoms with E-state index in [4.69, 9.17) is 0 Å². The maximum absolute atomic E-state index is 12.4. The van der Waals surface area contributed by atoms with Gasteiger partial charge < -0.3 is 10.2 Å². The lowest BCUT2D eigenvalue weighted by molar-refractivity contribution is -0.125. The number of aromatic nitrogens is 1. The minimum atomic E-state index is -0.979. The highest BCUT2D eigenvalue weighted by Crippen LogP contribution is 2.25. The number of imide groups is 1. The Hall–Kier alpha value is -2.44. The molecule has 104 valence electrons. The number of carbonyl (C=O) groups is 3. The average molecular weight is 274 g/mol. The van der Waals surface area contributed by atoms with Crippen LogP contribution in [0.15, 0.2) is 24.5 Å². The number of carbonyl (C=O) groups excluding carboxylic acids is 3. The van der Waals surface area contributed by atoms with E-state index in [1.165, 1.54) is 6.20 Å². The van der Waals surface area contributed by atoms with E-state index in [1.807, 2.05) is 0 Å². The first kappa shape index (κ1) is 12.6. The molecule has 2 fully saturated rings. The van der Waals surface area contributed by atoms with E-state index in [2.05, 4.69) is 15.6 Å². The Morgan fingerprint density at radius 1 is 1.40 bits per heavy atom. The maximum Gasteiger partial charge on any atom is 0.322 e. The Labute approximate surface area is 115 Å². The van der Waals surface area contributed by atoms with E-state index in [0.717, 1.165) is 0 Å². The van der Waals surface area contributed by atoms with Crippen LogP contribution in [0, 0.1) is 0 Å². The summed E-state index contributed by atoms with van der Waals surface area (Å²) in [6.45, 7) is 0.761. The summed E-state index contributed by atoms with van der Waals surface area (Å²) in [5.41, 5.74) is -0.498. The first-order valence-electron chi connectivity index (χ1n) is 6.44. The molecular formula is C13H14N4O3. The molecule has 2 aliphatic rings. The molecule has 1 aromatic heterocycles. The van der Waals surface area contributed by atoms with Crippen molar-refractivity contribution in [2.24, 2.45) is 0 Å². The van der Waals surface area contributed by atoms with Gasteiger partial charge in [-0.15, -0.1) is 0 Å². The van der Waals surface area contributed by atoms with Gasteiger partial charge in [-0.05, 0) is 25.0 Å². The summed E-state index contributed by atoms with van der Waals surface area (Å²) < 4.78 is 0. The number of rotatable bonds is 1. The largest absolute Gasteiger partial charge is 0.336 e. The van der Waals surface area contributed by atoms with Gasteiger partial charge in [0.05, 0.1) is 12.1 Å². The predicted octanol–water partition coefficient (Wildman–Crippen LogP) is -0.104. The number of hydrogen-bond acceptors (Lipinski definition) is 4. The highest BCUT2D eigenvalue weighted by molar-refractivity contribution is 6.07. The van der Waals surface area contributed by atoms with Crippen molar-refractivity contribution in [2.75, 3.05) is 13.1 Å². The SMILES string of the molecule is O=C1NC(=O)C2(CCCN(C(=O)c3cccnc3)C2)N1. The third-order valence-electron chi connectivity index (χ3n) is 3.70. The minimum absolute atomic E-state index is 0.175. The number of nitrogens with zero attached hydrogens (tertiary/aromatic N) is 2. The number of amides is 4. The Balaban J connectivity index is 1.81. The molecule has 1 spiro atoms. The van der Waals surface area contributed by atoms with Gasteiger partial charge >= 0.3 is 6.03 Å². The molecule has 0 radical (unpaired) electrons. The molecule has 7 heteroatoms. The van der Waals surface area contributed by atoms with E-state index in [-0.39, 0.29) is 18.4 Å². The van der Waals surface area contributed by atoms with Crippen molar-refractivity contribution in [3.63, 3.8) is 0 Å². The third-order valence-corrected chi connectivity index (χ3v) is 3.70. The van der Waals surface area contributed by atoms with Crippen molar-refractivity contribution in [2.45, 2.75) is 18.4 Å². The lowest BCUT2D eigenvalue weighted by Crippen LogP contribution is -2.59. The number of urea groups is 1. The molecule has 1 atom stereocenters. The van der Waals surface area contributed by atoms with Crippen LogP contribution in [0.5, 0.6) is 0 Å². The molecule has 2 saturated heterocycles. The summed E-state index contributed by atoms with van der Waals surface area (Å²) in [5, 5.41) is 4.88. The van der Waals surface area contributed by atoms with Crippen molar-refractivity contribution >= 4 is 17.8 Å². The van der Waals surface area contributed by atoms with Gasteiger partial charge in [-0.2, -0.15) is 0 Å². The fourth-order valence-electron chi connectivity index (χ4n) is 2.72. The van der Waals surface area contributed by atoms with Crippen LogP contribution in [-0.4, -0.2) is 46.4 Å². The van der Waals surface area contributed by atoms with Crippen molar-refractivity contribution in [1.82, 2.24) is 20.5 Å². The molecule has 0 aliphatic carbocycles. The molecule has 3 heterocycles. The van der Waals surface area contributed by atoms with Crippen LogP contribution in [0.4, 0.5) is 4.79 Å². The third kappa shape index (κ3) is 2.01. The number of nitrogens with one attached hydrogen (secondary N) is 2. The number of hydrogen-bond donors (Lipinski definition) is 2. The second-order valence-electron chi connectivity index (χ2n) is 5.06. The van der Waals surface area contributed by atoms with Gasteiger partial charge in [0, 0.05) is 18.9 Å². The highest BCUT2D eigenvalue weighted by atomic mass is 16.2. The smallest absolute Gasteiger partial charge is 0.322 e. The monoisotopic (exact) mass is 274 g/mol. The fourth-order valence-corrected chi connectivity index (χ4v) is 2.72. The highest BCUT2D eigenvalue weighted by Gasteiger charge is 2.49. The lowest BCUT2D eigenvalue weighted by Gasteiger charge is -2.38. The van der Waals surface area contributed by atoms with E-state index >= 15 is 0 Å². The number of likely N-dealkylation sites (tertiary alicyclic amines) is 1. The summed E-state index contributed by atoms with van der Waals surface area (Å²) in [7, 11) is 0. The van der Waals surface area contributed by atoms with Gasteiger partial charge in [-0.1, -0.05) is 0 Å². The summed E-state index contributed by atoms with van der Waals surface area (Å²) in [6, 6.07) is 2.88. The van der Waals surface area contributed by atoms with Crippen molar-refractivity contribution in [3.05, 3.63) is 30.1 Å². The van der Waals surface area contributed by atoms with Crippen LogP contribution in [0.2, 0.25) is 0 Å². The van der Waals surface area contributed by atoms with Crippen molar-refractivity contribution < 1.29 is 14.4 Å². The van der Waals surface area contributed by atoms with Gasteiger partial charge in [0.15, 0.2) is 0 Å². The normalized spacial score (nSPS) is 25.5. The second-order valence-corrected chi connectivity index (χ2v) is 5.06. The molecule has 2 aliphatic heterocycles. The summed E-state index contributed by atoms with van der Waals surface area (Å²) >= 11 is 0. The Bertz CT molecular complexity index is 574. The fraction of sp³-hybridized carbons (Fsp3) is 0.385. The summed E-state index contributed by atoms with van der Waals surface area (Å²) in [6.07, 6.45) is 4.30. The zero-order chi connectivity index (χ0) is 14.2. The van der Waals surface area contributed by atoms with E-state index < -0.39 is 11.6 Å². The maximum atomic E-state index is 12.4. The molecular weight excluding hydrogens is 260 g/mol.